The van der Waals surface area contributed by atoms with Gasteiger partial charge >= 0.3 is 0 Å². The number of aliphatic hydroxyl groups is 1. The molecule has 7 heavy (non-hydrogen) atoms. The quantitative estimate of drug-likeness (QED) is 0.476. The summed E-state index contributed by atoms with van der Waals surface area (Å²) >= 11 is 0. The minimum atomic E-state index is -0.159. The van der Waals surface area contributed by atoms with Crippen LogP contribution < -0.4 is 5.32 Å². The second-order valence-corrected chi connectivity index (χ2v) is 2.09. The molecule has 1 fully saturated rings. The molecule has 1 unspecified atom stereocenters. The summed E-state index contributed by atoms with van der Waals surface area (Å²) in [5.74, 6) is 0. The van der Waals surface area contributed by atoms with E-state index in [2.05, 4.69) is 5.32 Å². The SMILES string of the molecule is CC(O)[C@H]1CCN1. The van der Waals surface area contributed by atoms with Crippen molar-refractivity contribution in [3.05, 3.63) is 0 Å². The van der Waals surface area contributed by atoms with Gasteiger partial charge in [-0.15, -0.1) is 0 Å². The van der Waals surface area contributed by atoms with Crippen molar-refractivity contribution in [1.29, 1.82) is 0 Å². The van der Waals surface area contributed by atoms with Gasteiger partial charge in [-0.25, -0.2) is 0 Å². The molecular formula is C5H11NO. The first-order valence-corrected chi connectivity index (χ1v) is 2.72. The highest BCUT2D eigenvalue weighted by atomic mass is 16.3. The third kappa shape index (κ3) is 0.924. The van der Waals surface area contributed by atoms with Crippen LogP contribution in [0.3, 0.4) is 0 Å². The van der Waals surface area contributed by atoms with Gasteiger partial charge in [-0.2, -0.15) is 0 Å². The molecule has 1 aliphatic rings. The van der Waals surface area contributed by atoms with E-state index in [1.165, 1.54) is 0 Å². The molecule has 2 nitrogen and oxygen atoms in total. The lowest BCUT2D eigenvalue weighted by Crippen LogP contribution is -2.49. The van der Waals surface area contributed by atoms with Crippen molar-refractivity contribution in [1.82, 2.24) is 5.32 Å². The Bertz CT molecular complexity index is 59.1. The van der Waals surface area contributed by atoms with Crippen LogP contribution in [0.15, 0.2) is 0 Å². The molecule has 0 aromatic heterocycles. The molecule has 42 valence electrons. The van der Waals surface area contributed by atoms with E-state index in [-0.39, 0.29) is 6.10 Å². The van der Waals surface area contributed by atoms with Gasteiger partial charge in [-0.05, 0) is 19.9 Å². The monoisotopic (exact) mass is 101 g/mol. The van der Waals surface area contributed by atoms with E-state index in [1.807, 2.05) is 6.92 Å². The van der Waals surface area contributed by atoms with Crippen molar-refractivity contribution in [2.75, 3.05) is 6.54 Å². The van der Waals surface area contributed by atoms with Crippen LogP contribution in [0.1, 0.15) is 13.3 Å². The highest BCUT2D eigenvalue weighted by Crippen LogP contribution is 2.05. The molecule has 0 saturated carbocycles. The molecule has 2 heteroatoms. The second-order valence-electron chi connectivity index (χ2n) is 2.09. The van der Waals surface area contributed by atoms with Gasteiger partial charge in [0.25, 0.3) is 0 Å². The maximum Gasteiger partial charge on any atom is 0.0665 e. The van der Waals surface area contributed by atoms with E-state index >= 15 is 0 Å². The Morgan fingerprint density at radius 3 is 2.43 bits per heavy atom. The van der Waals surface area contributed by atoms with Gasteiger partial charge in [0.05, 0.1) is 6.10 Å². The Morgan fingerprint density at radius 1 is 1.86 bits per heavy atom. The van der Waals surface area contributed by atoms with Crippen LogP contribution >= 0.6 is 0 Å². The fraction of sp³-hybridized carbons (Fsp3) is 1.00. The van der Waals surface area contributed by atoms with E-state index in [0.29, 0.717) is 6.04 Å². The van der Waals surface area contributed by atoms with Crippen molar-refractivity contribution in [3.63, 3.8) is 0 Å². The molecule has 1 heterocycles. The van der Waals surface area contributed by atoms with Crippen molar-refractivity contribution >= 4 is 0 Å². The number of hydrogen-bond acceptors (Lipinski definition) is 2. The summed E-state index contributed by atoms with van der Waals surface area (Å²) in [4.78, 5) is 0. The summed E-state index contributed by atoms with van der Waals surface area (Å²) < 4.78 is 0. The van der Waals surface area contributed by atoms with Crippen LogP contribution in [-0.2, 0) is 0 Å². The van der Waals surface area contributed by atoms with E-state index in [0.717, 1.165) is 13.0 Å². The Labute approximate surface area is 43.5 Å². The van der Waals surface area contributed by atoms with Crippen LogP contribution in [0.2, 0.25) is 0 Å². The number of rotatable bonds is 1. The Morgan fingerprint density at radius 2 is 2.43 bits per heavy atom. The lowest BCUT2D eigenvalue weighted by Gasteiger charge is -2.29. The summed E-state index contributed by atoms with van der Waals surface area (Å²) in [6.07, 6.45) is 0.978. The molecule has 0 bridgehead atoms. The molecule has 1 saturated heterocycles. The van der Waals surface area contributed by atoms with Crippen LogP contribution in [0.25, 0.3) is 0 Å². The van der Waals surface area contributed by atoms with Gasteiger partial charge in [-0.3, -0.25) is 0 Å². The zero-order valence-electron chi connectivity index (χ0n) is 4.52. The molecule has 0 amide bonds. The van der Waals surface area contributed by atoms with Crippen LogP contribution in [-0.4, -0.2) is 23.8 Å². The molecular weight excluding hydrogens is 90.1 g/mol. The topological polar surface area (TPSA) is 32.3 Å². The van der Waals surface area contributed by atoms with Gasteiger partial charge in [-0.1, -0.05) is 0 Å². The normalized spacial score (nSPS) is 34.3. The Hall–Kier alpha value is -0.0800. The standard InChI is InChI=1S/C5H11NO/c1-4(7)5-2-3-6-5/h4-7H,2-3H2,1H3/t4?,5-/m1/s1. The van der Waals surface area contributed by atoms with Crippen LogP contribution in [0.4, 0.5) is 0 Å². The lowest BCUT2D eigenvalue weighted by atomic mass is 10.0. The predicted octanol–water partition coefficient (Wildman–Crippen LogP) is -0.271. The summed E-state index contributed by atoms with van der Waals surface area (Å²) in [5, 5.41) is 11.9. The summed E-state index contributed by atoms with van der Waals surface area (Å²) in [6.45, 7) is 2.90. The first-order chi connectivity index (χ1) is 3.30. The Balaban J connectivity index is 2.14. The molecule has 0 aliphatic carbocycles. The Kier molecular flexibility index (Phi) is 1.30. The predicted molar refractivity (Wildman–Crippen MR) is 28.1 cm³/mol. The van der Waals surface area contributed by atoms with Crippen molar-refractivity contribution in [3.8, 4) is 0 Å². The highest BCUT2D eigenvalue weighted by molar-refractivity contribution is 4.81. The molecule has 0 spiro atoms. The average molecular weight is 101 g/mol. The summed E-state index contributed by atoms with van der Waals surface area (Å²) in [5.41, 5.74) is 0. The fourth-order valence-corrected chi connectivity index (χ4v) is 0.723. The number of aliphatic hydroxyl groups excluding tert-OH is 1. The first kappa shape index (κ1) is 5.06. The molecule has 2 atom stereocenters. The van der Waals surface area contributed by atoms with Gasteiger partial charge in [0.15, 0.2) is 0 Å². The second kappa shape index (κ2) is 1.80. The van der Waals surface area contributed by atoms with E-state index in [9.17, 15) is 0 Å². The average Bonchev–Trinajstić information content (AvgIpc) is 1.23. The number of hydrogen-bond donors (Lipinski definition) is 2. The minimum Gasteiger partial charge on any atom is -0.392 e. The first-order valence-electron chi connectivity index (χ1n) is 2.72. The van der Waals surface area contributed by atoms with E-state index in [1.54, 1.807) is 0 Å². The molecule has 1 rings (SSSR count). The van der Waals surface area contributed by atoms with Crippen molar-refractivity contribution in [2.24, 2.45) is 0 Å². The van der Waals surface area contributed by atoms with E-state index in [4.69, 9.17) is 5.11 Å². The summed E-state index contributed by atoms with van der Waals surface area (Å²) in [6, 6.07) is 0.389. The van der Waals surface area contributed by atoms with Gasteiger partial charge in [0, 0.05) is 6.04 Å². The smallest absolute Gasteiger partial charge is 0.0665 e. The zero-order chi connectivity index (χ0) is 5.28. The summed E-state index contributed by atoms with van der Waals surface area (Å²) in [7, 11) is 0. The molecule has 1 aliphatic heterocycles. The minimum absolute atomic E-state index is 0.159. The third-order valence-corrected chi connectivity index (χ3v) is 1.44. The molecule has 0 radical (unpaired) electrons. The molecule has 2 N–H and O–H groups in total. The maximum absolute atomic E-state index is 8.81. The van der Waals surface area contributed by atoms with Crippen molar-refractivity contribution in [2.45, 2.75) is 25.5 Å². The number of nitrogens with one attached hydrogen (secondary N) is 1. The highest BCUT2D eigenvalue weighted by Gasteiger charge is 2.20. The van der Waals surface area contributed by atoms with Gasteiger partial charge in [0.2, 0.25) is 0 Å². The van der Waals surface area contributed by atoms with Crippen molar-refractivity contribution < 1.29 is 5.11 Å². The maximum atomic E-state index is 8.81. The van der Waals surface area contributed by atoms with Crippen LogP contribution in [0, 0.1) is 0 Å². The van der Waals surface area contributed by atoms with Gasteiger partial charge in [0.1, 0.15) is 0 Å². The molecule has 0 aromatic carbocycles. The fourth-order valence-electron chi connectivity index (χ4n) is 0.723. The zero-order valence-corrected chi connectivity index (χ0v) is 4.52. The van der Waals surface area contributed by atoms with Crippen LogP contribution in [0.5, 0.6) is 0 Å². The molecule has 0 aromatic rings. The van der Waals surface area contributed by atoms with E-state index < -0.39 is 0 Å². The lowest BCUT2D eigenvalue weighted by molar-refractivity contribution is 0.111. The third-order valence-electron chi connectivity index (χ3n) is 1.44. The largest absolute Gasteiger partial charge is 0.392 e. The van der Waals surface area contributed by atoms with Gasteiger partial charge < -0.3 is 10.4 Å².